The van der Waals surface area contributed by atoms with E-state index in [-0.39, 0.29) is 23.2 Å². The van der Waals surface area contributed by atoms with Crippen molar-refractivity contribution in [2.45, 2.75) is 51.6 Å². The van der Waals surface area contributed by atoms with Crippen molar-refractivity contribution in [3.8, 4) is 5.75 Å². The topological polar surface area (TPSA) is 69.6 Å². The smallest absolute Gasteiger partial charge is 0.226 e. The summed E-state index contributed by atoms with van der Waals surface area (Å²) < 4.78 is 0. The number of nitrogens with one attached hydrogen (secondary N) is 1. The first-order valence-electron chi connectivity index (χ1n) is 9.25. The van der Waals surface area contributed by atoms with Crippen LogP contribution in [0.4, 0.5) is 0 Å². The standard InChI is InChI=1S/C20H27NO3/c1-3-21-19(24)16-17-15-6-4-11-10-12(22)5-7-13(11)14(15)8-9-20(17,2)18(16)23/h5,7,10,14-18,22-23H,3-4,6,8-9H2,1-2H3,(H,21,24)/t14?,15?,16?,17?,18-,20-/m0/s1. The lowest BCUT2D eigenvalue weighted by Gasteiger charge is -2.64. The lowest BCUT2D eigenvalue weighted by molar-refractivity contribution is -0.216. The molecule has 130 valence electrons. The van der Waals surface area contributed by atoms with Crippen LogP contribution >= 0.6 is 0 Å². The molecule has 3 aliphatic carbocycles. The van der Waals surface area contributed by atoms with Crippen LogP contribution in [0.15, 0.2) is 18.2 Å². The maximum Gasteiger partial charge on any atom is 0.226 e. The average molecular weight is 329 g/mol. The number of aryl methyl sites for hydroxylation is 1. The Morgan fingerprint density at radius 3 is 2.92 bits per heavy atom. The van der Waals surface area contributed by atoms with Gasteiger partial charge in [-0.3, -0.25) is 4.79 Å². The second-order valence-electron chi connectivity index (χ2n) is 8.13. The van der Waals surface area contributed by atoms with Crippen molar-refractivity contribution in [1.82, 2.24) is 5.32 Å². The van der Waals surface area contributed by atoms with E-state index in [1.807, 2.05) is 13.0 Å². The summed E-state index contributed by atoms with van der Waals surface area (Å²) in [7, 11) is 0. The van der Waals surface area contributed by atoms with Crippen molar-refractivity contribution in [2.24, 2.45) is 23.2 Å². The maximum atomic E-state index is 12.5. The van der Waals surface area contributed by atoms with Gasteiger partial charge in [0.25, 0.3) is 0 Å². The zero-order chi connectivity index (χ0) is 17.1. The second-order valence-corrected chi connectivity index (χ2v) is 8.13. The Balaban J connectivity index is 1.67. The van der Waals surface area contributed by atoms with Gasteiger partial charge in [-0.15, -0.1) is 0 Å². The van der Waals surface area contributed by atoms with Crippen LogP contribution in [0.5, 0.6) is 5.75 Å². The first-order chi connectivity index (χ1) is 11.5. The summed E-state index contributed by atoms with van der Waals surface area (Å²) in [5.41, 5.74) is 2.49. The Kier molecular flexibility index (Phi) is 3.64. The van der Waals surface area contributed by atoms with E-state index in [0.29, 0.717) is 24.1 Å². The van der Waals surface area contributed by atoms with E-state index in [9.17, 15) is 15.0 Å². The molecular weight excluding hydrogens is 302 g/mol. The fourth-order valence-corrected chi connectivity index (χ4v) is 5.95. The molecule has 4 nitrogen and oxygen atoms in total. The Labute approximate surface area is 143 Å². The van der Waals surface area contributed by atoms with Gasteiger partial charge in [-0.25, -0.2) is 0 Å². The Morgan fingerprint density at radius 2 is 2.17 bits per heavy atom. The van der Waals surface area contributed by atoms with Crippen molar-refractivity contribution in [1.29, 1.82) is 0 Å². The third-order valence-electron chi connectivity index (χ3n) is 7.06. The van der Waals surface area contributed by atoms with Gasteiger partial charge >= 0.3 is 0 Å². The Bertz CT molecular complexity index is 673. The lowest BCUT2D eigenvalue weighted by Crippen LogP contribution is -2.68. The van der Waals surface area contributed by atoms with Crippen LogP contribution < -0.4 is 5.32 Å². The highest BCUT2D eigenvalue weighted by atomic mass is 16.3. The van der Waals surface area contributed by atoms with Crippen molar-refractivity contribution in [3.05, 3.63) is 29.3 Å². The van der Waals surface area contributed by atoms with Crippen molar-refractivity contribution in [2.75, 3.05) is 6.54 Å². The van der Waals surface area contributed by atoms with Gasteiger partial charge in [-0.1, -0.05) is 13.0 Å². The molecule has 0 aromatic heterocycles. The summed E-state index contributed by atoms with van der Waals surface area (Å²) in [5.74, 6) is 1.27. The lowest BCUT2D eigenvalue weighted by atomic mass is 9.41. The molecule has 6 atom stereocenters. The number of aromatic hydroxyl groups is 1. The minimum Gasteiger partial charge on any atom is -0.508 e. The molecular formula is C20H27NO3. The Hall–Kier alpha value is -1.55. The van der Waals surface area contributed by atoms with Gasteiger partial charge in [-0.2, -0.15) is 0 Å². The second kappa shape index (κ2) is 5.48. The van der Waals surface area contributed by atoms with Crippen LogP contribution in [0.3, 0.4) is 0 Å². The zero-order valence-electron chi connectivity index (χ0n) is 14.5. The zero-order valence-corrected chi connectivity index (χ0v) is 14.5. The molecule has 3 aliphatic rings. The number of carbonyl (C=O) groups excluding carboxylic acids is 1. The van der Waals surface area contributed by atoms with Gasteiger partial charge in [0.05, 0.1) is 12.0 Å². The van der Waals surface area contributed by atoms with Gasteiger partial charge in [0, 0.05) is 6.54 Å². The highest BCUT2D eigenvalue weighted by molar-refractivity contribution is 5.81. The minimum absolute atomic E-state index is 0.0182. The number of phenolic OH excluding ortho intramolecular Hbond substituents is 1. The molecule has 4 heteroatoms. The summed E-state index contributed by atoms with van der Waals surface area (Å²) in [6.45, 7) is 4.71. The molecule has 0 spiro atoms. The Morgan fingerprint density at radius 1 is 1.38 bits per heavy atom. The number of hydrogen-bond acceptors (Lipinski definition) is 3. The molecule has 0 heterocycles. The third-order valence-corrected chi connectivity index (χ3v) is 7.06. The van der Waals surface area contributed by atoms with E-state index in [2.05, 4.69) is 18.3 Å². The maximum absolute atomic E-state index is 12.5. The molecule has 4 rings (SSSR count). The summed E-state index contributed by atoms with van der Waals surface area (Å²) in [4.78, 5) is 12.5. The van der Waals surface area contributed by atoms with E-state index >= 15 is 0 Å². The van der Waals surface area contributed by atoms with Crippen LogP contribution in [0.2, 0.25) is 0 Å². The highest BCUT2D eigenvalue weighted by Gasteiger charge is 2.66. The molecule has 0 saturated heterocycles. The summed E-state index contributed by atoms with van der Waals surface area (Å²) >= 11 is 0. The number of hydrogen-bond donors (Lipinski definition) is 3. The summed E-state index contributed by atoms with van der Waals surface area (Å²) in [5, 5.41) is 23.4. The van der Waals surface area contributed by atoms with Gasteiger partial charge in [0.1, 0.15) is 5.75 Å². The van der Waals surface area contributed by atoms with E-state index in [4.69, 9.17) is 0 Å². The molecule has 2 fully saturated rings. The van der Waals surface area contributed by atoms with Crippen LogP contribution in [0.1, 0.15) is 50.2 Å². The van der Waals surface area contributed by atoms with E-state index in [1.54, 1.807) is 6.07 Å². The van der Waals surface area contributed by atoms with Gasteiger partial charge < -0.3 is 15.5 Å². The number of benzene rings is 1. The molecule has 24 heavy (non-hydrogen) atoms. The van der Waals surface area contributed by atoms with Crippen molar-refractivity contribution < 1.29 is 15.0 Å². The van der Waals surface area contributed by atoms with Crippen LogP contribution in [0.25, 0.3) is 0 Å². The number of aliphatic hydroxyl groups is 1. The van der Waals surface area contributed by atoms with Crippen LogP contribution in [-0.2, 0) is 11.2 Å². The van der Waals surface area contributed by atoms with Gasteiger partial charge in [-0.05, 0) is 79.0 Å². The first-order valence-corrected chi connectivity index (χ1v) is 9.25. The monoisotopic (exact) mass is 329 g/mol. The van der Waals surface area contributed by atoms with Crippen molar-refractivity contribution >= 4 is 5.91 Å². The summed E-state index contributed by atoms with van der Waals surface area (Å²) in [6.07, 6.45) is 3.51. The third kappa shape index (κ3) is 2.05. The average Bonchev–Trinajstić information content (AvgIpc) is 2.56. The van der Waals surface area contributed by atoms with E-state index < -0.39 is 6.10 Å². The molecule has 0 bridgehead atoms. The molecule has 1 aromatic carbocycles. The molecule has 0 aliphatic heterocycles. The van der Waals surface area contributed by atoms with Crippen LogP contribution in [-0.4, -0.2) is 28.8 Å². The SMILES string of the molecule is CCNC(=O)C1C2C3CCc4cc(O)ccc4C3CC[C@]2(C)[C@H]1O. The fraction of sp³-hybridized carbons (Fsp3) is 0.650. The number of amides is 1. The normalized spacial score (nSPS) is 39.9. The van der Waals surface area contributed by atoms with E-state index in [0.717, 1.165) is 25.7 Å². The predicted molar refractivity (Wildman–Crippen MR) is 91.7 cm³/mol. The van der Waals surface area contributed by atoms with E-state index in [1.165, 1.54) is 11.1 Å². The number of carbonyl (C=O) groups is 1. The highest BCUT2D eigenvalue weighted by Crippen LogP contribution is 2.65. The number of aliphatic hydroxyl groups excluding tert-OH is 1. The molecule has 2 saturated carbocycles. The molecule has 0 radical (unpaired) electrons. The van der Waals surface area contributed by atoms with Gasteiger partial charge in [0.2, 0.25) is 5.91 Å². The fourth-order valence-electron chi connectivity index (χ4n) is 5.95. The van der Waals surface area contributed by atoms with Gasteiger partial charge in [0.15, 0.2) is 0 Å². The molecule has 1 amide bonds. The summed E-state index contributed by atoms with van der Waals surface area (Å²) in [6, 6.07) is 5.75. The molecule has 4 unspecified atom stereocenters. The predicted octanol–water partition coefficient (Wildman–Crippen LogP) is 2.58. The van der Waals surface area contributed by atoms with Crippen LogP contribution in [0, 0.1) is 23.2 Å². The van der Waals surface area contributed by atoms with Crippen molar-refractivity contribution in [3.63, 3.8) is 0 Å². The quantitative estimate of drug-likeness (QED) is 0.781. The number of rotatable bonds is 2. The number of phenols is 1. The minimum atomic E-state index is -0.517. The largest absolute Gasteiger partial charge is 0.508 e. The molecule has 1 aromatic rings. The molecule has 3 N–H and O–H groups in total. The number of fused-ring (bicyclic) bond motifs is 5. The first kappa shape index (κ1) is 15.9.